The molecule has 0 aromatic heterocycles. The number of benzene rings is 2. The summed E-state index contributed by atoms with van der Waals surface area (Å²) in [5.41, 5.74) is 8.12. The molecule has 0 unspecified atom stereocenters. The standard InChI is InChI=1S/C14H15BrN2O2S/c1-9-6-7-11(16)8-14(9)20(18,19)17-13-5-3-4-12(15)10(13)2/h3-8,17H,16H2,1-2H3. The Balaban J connectivity index is 2.46. The molecule has 0 amide bonds. The molecule has 0 atom stereocenters. The van der Waals surface area contributed by atoms with Crippen LogP contribution in [0.2, 0.25) is 0 Å². The van der Waals surface area contributed by atoms with Gasteiger partial charge in [-0.1, -0.05) is 28.1 Å². The van der Waals surface area contributed by atoms with Crippen LogP contribution in [0.15, 0.2) is 45.8 Å². The van der Waals surface area contributed by atoms with Crippen LogP contribution in [0, 0.1) is 13.8 Å². The summed E-state index contributed by atoms with van der Waals surface area (Å²) in [4.78, 5) is 0.192. The summed E-state index contributed by atoms with van der Waals surface area (Å²) < 4.78 is 28.4. The highest BCUT2D eigenvalue weighted by molar-refractivity contribution is 9.10. The number of hydrogen-bond donors (Lipinski definition) is 2. The third kappa shape index (κ3) is 2.96. The highest BCUT2D eigenvalue weighted by Gasteiger charge is 2.18. The topological polar surface area (TPSA) is 72.2 Å². The Kier molecular flexibility index (Phi) is 4.06. The molecule has 20 heavy (non-hydrogen) atoms. The number of rotatable bonds is 3. The van der Waals surface area contributed by atoms with Gasteiger partial charge in [-0.15, -0.1) is 0 Å². The maximum atomic E-state index is 12.5. The minimum absolute atomic E-state index is 0.192. The third-order valence-electron chi connectivity index (χ3n) is 3.01. The molecular weight excluding hydrogens is 340 g/mol. The molecule has 4 nitrogen and oxygen atoms in total. The fourth-order valence-corrected chi connectivity index (χ4v) is 3.59. The molecule has 0 aliphatic rings. The van der Waals surface area contributed by atoms with Crippen molar-refractivity contribution < 1.29 is 8.42 Å². The SMILES string of the molecule is Cc1ccc(N)cc1S(=O)(=O)Nc1cccc(Br)c1C. The number of nitrogens with one attached hydrogen (secondary N) is 1. The first kappa shape index (κ1) is 14.9. The van der Waals surface area contributed by atoms with Crippen molar-refractivity contribution in [2.75, 3.05) is 10.5 Å². The van der Waals surface area contributed by atoms with E-state index >= 15 is 0 Å². The second kappa shape index (κ2) is 5.46. The summed E-state index contributed by atoms with van der Waals surface area (Å²) in [6.45, 7) is 3.58. The van der Waals surface area contributed by atoms with Gasteiger partial charge in [-0.3, -0.25) is 4.72 Å². The van der Waals surface area contributed by atoms with Crippen LogP contribution in [0.25, 0.3) is 0 Å². The minimum atomic E-state index is -3.66. The molecule has 106 valence electrons. The molecule has 0 aliphatic carbocycles. The average Bonchev–Trinajstić information content (AvgIpc) is 2.37. The number of hydrogen-bond acceptors (Lipinski definition) is 3. The molecule has 2 aromatic carbocycles. The zero-order valence-electron chi connectivity index (χ0n) is 11.1. The molecule has 0 saturated heterocycles. The number of aryl methyl sites for hydroxylation is 1. The molecule has 6 heteroatoms. The Hall–Kier alpha value is -1.53. The highest BCUT2D eigenvalue weighted by atomic mass is 79.9. The first-order valence-electron chi connectivity index (χ1n) is 5.95. The van der Waals surface area contributed by atoms with E-state index in [2.05, 4.69) is 20.7 Å². The largest absolute Gasteiger partial charge is 0.399 e. The van der Waals surface area contributed by atoms with Crippen molar-refractivity contribution in [2.24, 2.45) is 0 Å². The van der Waals surface area contributed by atoms with E-state index in [4.69, 9.17) is 5.73 Å². The number of halogens is 1. The van der Waals surface area contributed by atoms with E-state index in [1.807, 2.05) is 13.0 Å². The predicted molar refractivity (Wildman–Crippen MR) is 85.3 cm³/mol. The molecule has 0 radical (unpaired) electrons. The van der Waals surface area contributed by atoms with Gasteiger partial charge in [0.05, 0.1) is 10.6 Å². The average molecular weight is 355 g/mol. The van der Waals surface area contributed by atoms with Crippen LogP contribution in [0.3, 0.4) is 0 Å². The van der Waals surface area contributed by atoms with Gasteiger partial charge in [0.25, 0.3) is 10.0 Å². The lowest BCUT2D eigenvalue weighted by Gasteiger charge is -2.13. The highest BCUT2D eigenvalue weighted by Crippen LogP contribution is 2.27. The van der Waals surface area contributed by atoms with Crippen LogP contribution in [0.5, 0.6) is 0 Å². The van der Waals surface area contributed by atoms with Gasteiger partial charge in [0.15, 0.2) is 0 Å². The monoisotopic (exact) mass is 354 g/mol. The maximum Gasteiger partial charge on any atom is 0.262 e. The number of nitrogens with two attached hydrogens (primary N) is 1. The first-order valence-corrected chi connectivity index (χ1v) is 8.23. The summed E-state index contributed by atoms with van der Waals surface area (Å²) in [5, 5.41) is 0. The van der Waals surface area contributed by atoms with E-state index in [9.17, 15) is 8.42 Å². The molecule has 0 fully saturated rings. The molecule has 0 spiro atoms. The lowest BCUT2D eigenvalue weighted by molar-refractivity contribution is 0.600. The Labute approximate surface area is 127 Å². The number of nitrogen functional groups attached to an aromatic ring is 1. The van der Waals surface area contributed by atoms with Gasteiger partial charge in [-0.25, -0.2) is 8.42 Å². The molecule has 0 saturated carbocycles. The van der Waals surface area contributed by atoms with Crippen molar-refractivity contribution in [3.8, 4) is 0 Å². The zero-order chi connectivity index (χ0) is 14.9. The fraction of sp³-hybridized carbons (Fsp3) is 0.143. The van der Waals surface area contributed by atoms with Gasteiger partial charge in [0.2, 0.25) is 0 Å². The van der Waals surface area contributed by atoms with E-state index in [0.717, 1.165) is 10.0 Å². The van der Waals surface area contributed by atoms with Gasteiger partial charge in [-0.2, -0.15) is 0 Å². The maximum absolute atomic E-state index is 12.5. The van der Waals surface area contributed by atoms with Gasteiger partial charge in [0.1, 0.15) is 0 Å². The molecule has 0 bridgehead atoms. The lowest BCUT2D eigenvalue weighted by Crippen LogP contribution is -2.15. The quantitative estimate of drug-likeness (QED) is 0.829. The van der Waals surface area contributed by atoms with Gasteiger partial charge in [0, 0.05) is 10.2 Å². The van der Waals surface area contributed by atoms with Crippen LogP contribution in [-0.2, 0) is 10.0 Å². The molecule has 2 rings (SSSR count). The molecule has 3 N–H and O–H groups in total. The molecule has 0 heterocycles. The van der Waals surface area contributed by atoms with Crippen molar-refractivity contribution in [3.05, 3.63) is 52.0 Å². The van der Waals surface area contributed by atoms with Gasteiger partial charge < -0.3 is 5.73 Å². The summed E-state index contributed by atoms with van der Waals surface area (Å²) in [6.07, 6.45) is 0. The lowest BCUT2D eigenvalue weighted by atomic mass is 10.2. The summed E-state index contributed by atoms with van der Waals surface area (Å²) in [6, 6.07) is 10.2. The van der Waals surface area contributed by atoms with E-state index < -0.39 is 10.0 Å². The Bertz CT molecular complexity index is 758. The third-order valence-corrected chi connectivity index (χ3v) is 5.38. The van der Waals surface area contributed by atoms with Crippen LogP contribution in [-0.4, -0.2) is 8.42 Å². The van der Waals surface area contributed by atoms with Crippen LogP contribution >= 0.6 is 15.9 Å². The van der Waals surface area contributed by atoms with E-state index in [0.29, 0.717) is 16.9 Å². The molecule has 0 aliphatic heterocycles. The summed E-state index contributed by atoms with van der Waals surface area (Å²) in [5.74, 6) is 0. The van der Waals surface area contributed by atoms with Crippen molar-refractivity contribution in [1.82, 2.24) is 0 Å². The van der Waals surface area contributed by atoms with Gasteiger partial charge in [-0.05, 0) is 49.2 Å². The normalized spacial score (nSPS) is 11.3. The summed E-state index contributed by atoms with van der Waals surface area (Å²) >= 11 is 3.38. The van der Waals surface area contributed by atoms with E-state index in [-0.39, 0.29) is 4.90 Å². The zero-order valence-corrected chi connectivity index (χ0v) is 13.5. The summed E-state index contributed by atoms with van der Waals surface area (Å²) in [7, 11) is -3.66. The Morgan fingerprint density at radius 3 is 2.55 bits per heavy atom. The fourth-order valence-electron chi connectivity index (χ4n) is 1.82. The second-order valence-corrected chi connectivity index (χ2v) is 7.05. The van der Waals surface area contributed by atoms with Crippen molar-refractivity contribution in [1.29, 1.82) is 0 Å². The Morgan fingerprint density at radius 2 is 1.85 bits per heavy atom. The smallest absolute Gasteiger partial charge is 0.262 e. The number of anilines is 2. The van der Waals surface area contributed by atoms with E-state index in [1.54, 1.807) is 31.2 Å². The molecule has 2 aromatic rings. The van der Waals surface area contributed by atoms with Crippen molar-refractivity contribution in [2.45, 2.75) is 18.7 Å². The van der Waals surface area contributed by atoms with Crippen LogP contribution in [0.4, 0.5) is 11.4 Å². The van der Waals surface area contributed by atoms with Gasteiger partial charge >= 0.3 is 0 Å². The molecular formula is C14H15BrN2O2S. The minimum Gasteiger partial charge on any atom is -0.399 e. The first-order chi connectivity index (χ1) is 9.31. The van der Waals surface area contributed by atoms with E-state index in [1.165, 1.54) is 6.07 Å². The number of sulfonamides is 1. The Morgan fingerprint density at radius 1 is 1.15 bits per heavy atom. The second-order valence-electron chi connectivity index (χ2n) is 4.54. The predicted octanol–water partition coefficient (Wildman–Crippen LogP) is 3.45. The van der Waals surface area contributed by atoms with Crippen molar-refractivity contribution in [3.63, 3.8) is 0 Å². The van der Waals surface area contributed by atoms with Crippen LogP contribution < -0.4 is 10.5 Å². The van der Waals surface area contributed by atoms with Crippen molar-refractivity contribution >= 4 is 37.3 Å². The van der Waals surface area contributed by atoms with Crippen LogP contribution in [0.1, 0.15) is 11.1 Å².